The Morgan fingerprint density at radius 2 is 1.87 bits per heavy atom. The molecular weight excluding hydrogens is 184 g/mol. The summed E-state index contributed by atoms with van der Waals surface area (Å²) in [6, 6.07) is 8.68. The van der Waals surface area contributed by atoms with E-state index < -0.39 is 0 Å². The van der Waals surface area contributed by atoms with E-state index in [1.54, 1.807) is 0 Å². The molecule has 2 rings (SSSR count). The predicted octanol–water partition coefficient (Wildman–Crippen LogP) is 4.64. The second-order valence-electron chi connectivity index (χ2n) is 4.17. The first-order valence-corrected chi connectivity index (χ1v) is 5.74. The molecule has 0 aliphatic rings. The predicted molar refractivity (Wildman–Crippen MR) is 64.3 cm³/mol. The largest absolute Gasteiger partial charge is 0.461 e. The summed E-state index contributed by atoms with van der Waals surface area (Å²) in [5, 5.41) is 1.21. The maximum Gasteiger partial charge on any atom is 0.134 e. The van der Waals surface area contributed by atoms with Gasteiger partial charge in [0.25, 0.3) is 0 Å². The van der Waals surface area contributed by atoms with Crippen LogP contribution in [-0.2, 0) is 0 Å². The van der Waals surface area contributed by atoms with Gasteiger partial charge in [-0.1, -0.05) is 26.0 Å². The van der Waals surface area contributed by atoms with Crippen molar-refractivity contribution in [3.63, 3.8) is 0 Å². The molecule has 0 aliphatic carbocycles. The zero-order valence-corrected chi connectivity index (χ0v) is 9.71. The van der Waals surface area contributed by atoms with Crippen LogP contribution in [0.2, 0.25) is 0 Å². The van der Waals surface area contributed by atoms with Crippen molar-refractivity contribution in [3.8, 4) is 0 Å². The van der Waals surface area contributed by atoms with Crippen LogP contribution in [0.4, 0.5) is 0 Å². The Hall–Kier alpha value is -1.24. The fourth-order valence-electron chi connectivity index (χ4n) is 2.19. The van der Waals surface area contributed by atoms with Crippen LogP contribution in [0.5, 0.6) is 0 Å². The summed E-state index contributed by atoms with van der Waals surface area (Å²) < 4.78 is 5.65. The van der Waals surface area contributed by atoms with Crippen molar-refractivity contribution < 1.29 is 4.42 Å². The molecule has 0 amide bonds. The Morgan fingerprint density at radius 3 is 2.53 bits per heavy atom. The molecular formula is C14H18O. The summed E-state index contributed by atoms with van der Waals surface area (Å²) in [5.74, 6) is 1.66. The highest BCUT2D eigenvalue weighted by Crippen LogP contribution is 2.27. The normalized spacial score (nSPS) is 11.5. The number of fused-ring (bicyclic) bond motifs is 1. The number of rotatable bonds is 3. The molecule has 1 heterocycles. The smallest absolute Gasteiger partial charge is 0.134 e. The number of aryl methyl sites for hydroxylation is 1. The van der Waals surface area contributed by atoms with Crippen molar-refractivity contribution in [1.82, 2.24) is 0 Å². The van der Waals surface area contributed by atoms with Crippen LogP contribution in [0, 0.1) is 6.92 Å². The molecule has 0 fully saturated rings. The standard InChI is InChI=1S/C14H18O/c1-4-11(5-2)12-6-7-13-8-10(3)15-14(13)9-12/h6-9,11H,4-5H2,1-3H3. The van der Waals surface area contributed by atoms with E-state index in [2.05, 4.69) is 38.1 Å². The second kappa shape index (κ2) is 4.09. The third kappa shape index (κ3) is 1.92. The molecule has 0 spiro atoms. The van der Waals surface area contributed by atoms with E-state index in [0.29, 0.717) is 5.92 Å². The van der Waals surface area contributed by atoms with E-state index in [1.807, 2.05) is 6.92 Å². The molecule has 1 nitrogen and oxygen atoms in total. The lowest BCUT2D eigenvalue weighted by molar-refractivity contribution is 0.576. The van der Waals surface area contributed by atoms with Crippen LogP contribution in [0.15, 0.2) is 28.7 Å². The lowest BCUT2D eigenvalue weighted by Gasteiger charge is -2.11. The number of benzene rings is 1. The fourth-order valence-corrected chi connectivity index (χ4v) is 2.19. The molecule has 2 aromatic rings. The van der Waals surface area contributed by atoms with Gasteiger partial charge in [-0.05, 0) is 43.4 Å². The summed E-state index contributed by atoms with van der Waals surface area (Å²) in [4.78, 5) is 0. The molecule has 0 unspecified atom stereocenters. The maximum absolute atomic E-state index is 5.65. The van der Waals surface area contributed by atoms with Gasteiger partial charge in [0.2, 0.25) is 0 Å². The highest BCUT2D eigenvalue weighted by molar-refractivity contribution is 5.78. The van der Waals surface area contributed by atoms with Crippen LogP contribution in [-0.4, -0.2) is 0 Å². The number of hydrogen-bond acceptors (Lipinski definition) is 1. The molecule has 0 saturated carbocycles. The van der Waals surface area contributed by atoms with Gasteiger partial charge in [0.05, 0.1) is 0 Å². The van der Waals surface area contributed by atoms with E-state index in [4.69, 9.17) is 4.42 Å². The van der Waals surface area contributed by atoms with Crippen molar-refractivity contribution >= 4 is 11.0 Å². The third-order valence-electron chi connectivity index (χ3n) is 3.12. The molecule has 80 valence electrons. The van der Waals surface area contributed by atoms with E-state index >= 15 is 0 Å². The topological polar surface area (TPSA) is 13.1 Å². The van der Waals surface area contributed by atoms with Crippen molar-refractivity contribution in [2.75, 3.05) is 0 Å². The molecule has 15 heavy (non-hydrogen) atoms. The molecule has 0 atom stereocenters. The molecule has 1 aromatic carbocycles. The van der Waals surface area contributed by atoms with Crippen LogP contribution in [0.1, 0.15) is 43.9 Å². The summed E-state index contributed by atoms with van der Waals surface area (Å²) in [6.45, 7) is 6.48. The number of furan rings is 1. The molecule has 0 bridgehead atoms. The van der Waals surface area contributed by atoms with Gasteiger partial charge >= 0.3 is 0 Å². The summed E-state index contributed by atoms with van der Waals surface area (Å²) >= 11 is 0. The van der Waals surface area contributed by atoms with Gasteiger partial charge in [-0.2, -0.15) is 0 Å². The third-order valence-corrected chi connectivity index (χ3v) is 3.12. The van der Waals surface area contributed by atoms with Gasteiger partial charge in [-0.15, -0.1) is 0 Å². The zero-order valence-electron chi connectivity index (χ0n) is 9.71. The maximum atomic E-state index is 5.65. The minimum Gasteiger partial charge on any atom is -0.461 e. The SMILES string of the molecule is CCC(CC)c1ccc2cc(C)oc2c1. The first-order chi connectivity index (χ1) is 7.24. The summed E-state index contributed by atoms with van der Waals surface area (Å²) in [7, 11) is 0. The molecule has 0 saturated heterocycles. The Morgan fingerprint density at radius 1 is 1.13 bits per heavy atom. The van der Waals surface area contributed by atoms with Gasteiger partial charge in [0.1, 0.15) is 11.3 Å². The lowest BCUT2D eigenvalue weighted by atomic mass is 9.93. The molecule has 0 N–H and O–H groups in total. The van der Waals surface area contributed by atoms with Crippen molar-refractivity contribution in [3.05, 3.63) is 35.6 Å². The van der Waals surface area contributed by atoms with Gasteiger partial charge in [0, 0.05) is 5.39 Å². The minimum absolute atomic E-state index is 0.666. The van der Waals surface area contributed by atoms with Crippen LogP contribution in [0.25, 0.3) is 11.0 Å². The fraction of sp³-hybridized carbons (Fsp3) is 0.429. The number of hydrogen-bond donors (Lipinski definition) is 0. The highest BCUT2D eigenvalue weighted by Gasteiger charge is 2.08. The van der Waals surface area contributed by atoms with Crippen molar-refractivity contribution in [2.24, 2.45) is 0 Å². The van der Waals surface area contributed by atoms with Gasteiger partial charge < -0.3 is 4.42 Å². The van der Waals surface area contributed by atoms with Crippen molar-refractivity contribution in [2.45, 2.75) is 39.5 Å². The van der Waals surface area contributed by atoms with E-state index in [0.717, 1.165) is 11.3 Å². The van der Waals surface area contributed by atoms with E-state index in [1.165, 1.54) is 23.8 Å². The summed E-state index contributed by atoms with van der Waals surface area (Å²) in [5.41, 5.74) is 2.43. The monoisotopic (exact) mass is 202 g/mol. The van der Waals surface area contributed by atoms with Gasteiger partial charge in [-0.25, -0.2) is 0 Å². The van der Waals surface area contributed by atoms with E-state index in [9.17, 15) is 0 Å². The van der Waals surface area contributed by atoms with Crippen LogP contribution >= 0.6 is 0 Å². The van der Waals surface area contributed by atoms with Crippen LogP contribution < -0.4 is 0 Å². The Balaban J connectivity index is 2.45. The van der Waals surface area contributed by atoms with Gasteiger partial charge in [-0.3, -0.25) is 0 Å². The molecule has 0 radical (unpaired) electrons. The molecule has 0 aliphatic heterocycles. The Labute approximate surface area is 91.1 Å². The molecule has 1 aromatic heterocycles. The second-order valence-corrected chi connectivity index (χ2v) is 4.17. The minimum atomic E-state index is 0.666. The highest BCUT2D eigenvalue weighted by atomic mass is 16.3. The molecule has 1 heteroatoms. The Kier molecular flexibility index (Phi) is 2.81. The van der Waals surface area contributed by atoms with Gasteiger partial charge in [0.15, 0.2) is 0 Å². The van der Waals surface area contributed by atoms with E-state index in [-0.39, 0.29) is 0 Å². The van der Waals surface area contributed by atoms with Crippen molar-refractivity contribution in [1.29, 1.82) is 0 Å². The Bertz CT molecular complexity index is 449. The van der Waals surface area contributed by atoms with Crippen LogP contribution in [0.3, 0.4) is 0 Å². The average Bonchev–Trinajstić information content (AvgIpc) is 2.59. The first kappa shape index (κ1) is 10.3. The lowest BCUT2D eigenvalue weighted by Crippen LogP contribution is -1.94. The summed E-state index contributed by atoms with van der Waals surface area (Å²) in [6.07, 6.45) is 2.39. The quantitative estimate of drug-likeness (QED) is 0.706. The average molecular weight is 202 g/mol. The first-order valence-electron chi connectivity index (χ1n) is 5.74. The zero-order chi connectivity index (χ0) is 10.8.